The van der Waals surface area contributed by atoms with Gasteiger partial charge in [0, 0.05) is 0 Å². The first-order valence-corrected chi connectivity index (χ1v) is 3.01. The first-order valence-electron chi connectivity index (χ1n) is 1.48. The molecule has 0 radical (unpaired) electrons. The van der Waals surface area contributed by atoms with Crippen LogP contribution in [-0.4, -0.2) is 10.3 Å². The molecule has 4 nitrogen and oxygen atoms in total. The Morgan fingerprint density at radius 3 is 2.57 bits per heavy atom. The Kier molecular flexibility index (Phi) is 3.86. The molecular weight excluding hydrogens is 211 g/mol. The van der Waals surface area contributed by atoms with Crippen LogP contribution in [0.2, 0.25) is 0 Å². The van der Waals surface area contributed by atoms with E-state index in [2.05, 4.69) is 5.29 Å². The molecule has 0 aromatic heterocycles. The number of alkyl halides is 1. The lowest BCUT2D eigenvalue weighted by atomic mass is 10.8. The molecule has 0 spiro atoms. The molecule has 0 aliphatic carbocycles. The molecular formula is C2H3IN2O2. The highest BCUT2D eigenvalue weighted by atomic mass is 127. The molecule has 0 atom stereocenters. The summed E-state index contributed by atoms with van der Waals surface area (Å²) in [5.74, 6) is -0.365. The minimum absolute atomic E-state index is 0.267. The van der Waals surface area contributed by atoms with Gasteiger partial charge < -0.3 is 0 Å². The van der Waals surface area contributed by atoms with Crippen molar-refractivity contribution in [1.29, 1.82) is 0 Å². The third-order valence-corrected chi connectivity index (χ3v) is 0.985. The number of nitrogens with one attached hydrogen (secondary N) is 1. The van der Waals surface area contributed by atoms with E-state index < -0.39 is 0 Å². The molecule has 1 amide bonds. The van der Waals surface area contributed by atoms with E-state index in [9.17, 15) is 9.70 Å². The van der Waals surface area contributed by atoms with Crippen molar-refractivity contribution in [3.63, 3.8) is 0 Å². The summed E-state index contributed by atoms with van der Waals surface area (Å²) in [7, 11) is 0. The monoisotopic (exact) mass is 214 g/mol. The number of nitroso groups, excluding NO2 is 1. The Bertz CT molecular complexity index is 83.8. The molecule has 40 valence electrons. The summed E-state index contributed by atoms with van der Waals surface area (Å²) in [5, 5.41) is 2.15. The van der Waals surface area contributed by atoms with E-state index in [1.54, 1.807) is 5.43 Å². The van der Waals surface area contributed by atoms with Crippen molar-refractivity contribution in [3.05, 3.63) is 4.91 Å². The molecule has 0 aliphatic rings. The van der Waals surface area contributed by atoms with E-state index in [1.165, 1.54) is 0 Å². The first-order chi connectivity index (χ1) is 3.31. The maximum absolute atomic E-state index is 10.00. The summed E-state index contributed by atoms with van der Waals surface area (Å²) in [6.45, 7) is 0. The second-order valence-electron chi connectivity index (χ2n) is 0.760. The Hall–Kier alpha value is -0.200. The zero-order valence-electron chi connectivity index (χ0n) is 3.35. The highest BCUT2D eigenvalue weighted by Gasteiger charge is 1.91. The van der Waals surface area contributed by atoms with Crippen LogP contribution in [0.25, 0.3) is 0 Å². The maximum atomic E-state index is 10.00. The van der Waals surface area contributed by atoms with E-state index in [-0.39, 0.29) is 10.3 Å². The van der Waals surface area contributed by atoms with Crippen LogP contribution >= 0.6 is 22.6 Å². The summed E-state index contributed by atoms with van der Waals surface area (Å²) >= 11 is 1.83. The van der Waals surface area contributed by atoms with E-state index in [1.807, 2.05) is 22.6 Å². The SMILES string of the molecule is O=NNC(=O)CI. The fourth-order valence-corrected chi connectivity index (χ4v) is 0.251. The van der Waals surface area contributed by atoms with Crippen LogP contribution in [0.15, 0.2) is 5.29 Å². The van der Waals surface area contributed by atoms with Crippen molar-refractivity contribution < 1.29 is 4.79 Å². The molecule has 1 N–H and O–H groups in total. The molecule has 0 unspecified atom stereocenters. The first kappa shape index (κ1) is 6.80. The van der Waals surface area contributed by atoms with Crippen molar-refractivity contribution >= 4 is 28.5 Å². The van der Waals surface area contributed by atoms with Gasteiger partial charge in [-0.15, -0.1) is 4.91 Å². The Morgan fingerprint density at radius 1 is 1.86 bits per heavy atom. The lowest BCUT2D eigenvalue weighted by molar-refractivity contribution is -0.118. The third kappa shape index (κ3) is 3.64. The highest BCUT2D eigenvalue weighted by Crippen LogP contribution is 1.77. The van der Waals surface area contributed by atoms with E-state index in [4.69, 9.17) is 0 Å². The molecule has 5 heteroatoms. The summed E-state index contributed by atoms with van der Waals surface area (Å²) < 4.78 is 0.267. The van der Waals surface area contributed by atoms with Crippen molar-refractivity contribution in [2.75, 3.05) is 4.43 Å². The highest BCUT2D eigenvalue weighted by molar-refractivity contribution is 14.1. The number of amides is 1. The number of halogens is 1. The van der Waals surface area contributed by atoms with Gasteiger partial charge in [-0.05, 0) is 0 Å². The minimum atomic E-state index is -0.365. The fraction of sp³-hybridized carbons (Fsp3) is 0.500. The van der Waals surface area contributed by atoms with Crippen molar-refractivity contribution in [2.45, 2.75) is 0 Å². The van der Waals surface area contributed by atoms with Crippen LogP contribution in [0.1, 0.15) is 0 Å². The van der Waals surface area contributed by atoms with Gasteiger partial charge in [-0.2, -0.15) is 0 Å². The van der Waals surface area contributed by atoms with Gasteiger partial charge in [0.2, 0.25) is 0 Å². The molecule has 7 heavy (non-hydrogen) atoms. The Balaban J connectivity index is 3.17. The Labute approximate surface area is 53.7 Å². The van der Waals surface area contributed by atoms with Gasteiger partial charge in [0.1, 0.15) is 0 Å². The van der Waals surface area contributed by atoms with Crippen LogP contribution in [0.3, 0.4) is 0 Å². The fourth-order valence-electron chi connectivity index (χ4n) is 0.0808. The van der Waals surface area contributed by atoms with Gasteiger partial charge in [0.15, 0.2) is 0 Å². The summed E-state index contributed by atoms with van der Waals surface area (Å²) in [6.07, 6.45) is 0. The van der Waals surface area contributed by atoms with Crippen molar-refractivity contribution in [3.8, 4) is 0 Å². The topological polar surface area (TPSA) is 58.5 Å². The predicted molar refractivity (Wildman–Crippen MR) is 32.8 cm³/mol. The largest absolute Gasteiger partial charge is 0.272 e. The lowest BCUT2D eigenvalue weighted by Crippen LogP contribution is -2.16. The van der Waals surface area contributed by atoms with E-state index in [0.29, 0.717) is 0 Å². The molecule has 0 aromatic rings. The number of hydrogen-bond donors (Lipinski definition) is 1. The molecule has 0 rings (SSSR count). The molecule has 0 aliphatic heterocycles. The van der Waals surface area contributed by atoms with Crippen LogP contribution in [-0.2, 0) is 4.79 Å². The average molecular weight is 214 g/mol. The number of hydrogen-bond acceptors (Lipinski definition) is 3. The van der Waals surface area contributed by atoms with Gasteiger partial charge >= 0.3 is 0 Å². The smallest absolute Gasteiger partial charge is 0.252 e. The van der Waals surface area contributed by atoms with Crippen LogP contribution in [0.5, 0.6) is 0 Å². The van der Waals surface area contributed by atoms with E-state index in [0.717, 1.165) is 0 Å². The molecule has 0 bridgehead atoms. The third-order valence-electron chi connectivity index (χ3n) is 0.292. The summed E-state index contributed by atoms with van der Waals surface area (Å²) in [6, 6.07) is 0. The van der Waals surface area contributed by atoms with Crippen molar-refractivity contribution in [1.82, 2.24) is 5.43 Å². The summed E-state index contributed by atoms with van der Waals surface area (Å²) in [4.78, 5) is 19.2. The predicted octanol–water partition coefficient (Wildman–Crippen LogP) is 0.219. The maximum Gasteiger partial charge on any atom is 0.252 e. The minimum Gasteiger partial charge on any atom is -0.272 e. The normalized spacial score (nSPS) is 7.57. The number of carbonyl (C=O) groups is 1. The number of rotatable bonds is 2. The molecule has 0 fully saturated rings. The van der Waals surface area contributed by atoms with Gasteiger partial charge in [-0.25, -0.2) is 5.43 Å². The van der Waals surface area contributed by atoms with Crippen LogP contribution in [0.4, 0.5) is 0 Å². The van der Waals surface area contributed by atoms with Gasteiger partial charge in [-0.3, -0.25) is 4.79 Å². The standard InChI is InChI=1S/C2H3IN2O2/c3-1-2(6)4-5-7/h1H2,(H,4,6,7). The second kappa shape index (κ2) is 3.97. The van der Waals surface area contributed by atoms with Gasteiger partial charge in [-0.1, -0.05) is 22.6 Å². The Morgan fingerprint density at radius 2 is 2.43 bits per heavy atom. The van der Waals surface area contributed by atoms with Crippen molar-refractivity contribution in [2.24, 2.45) is 5.29 Å². The molecule has 0 saturated carbocycles. The van der Waals surface area contributed by atoms with Gasteiger partial charge in [0.25, 0.3) is 5.91 Å². The zero-order chi connectivity index (χ0) is 5.70. The lowest BCUT2D eigenvalue weighted by Gasteiger charge is -1.83. The van der Waals surface area contributed by atoms with Crippen LogP contribution in [0, 0.1) is 4.91 Å². The quantitative estimate of drug-likeness (QED) is 0.309. The molecule has 0 heterocycles. The number of nitrogens with zero attached hydrogens (tertiary/aromatic N) is 1. The molecule has 0 aromatic carbocycles. The summed E-state index contributed by atoms with van der Waals surface area (Å²) in [5.41, 5.74) is 1.72. The average Bonchev–Trinajstić information content (AvgIpc) is 1.68. The van der Waals surface area contributed by atoms with E-state index >= 15 is 0 Å². The van der Waals surface area contributed by atoms with Gasteiger partial charge in [0.05, 0.1) is 9.71 Å². The second-order valence-corrected chi connectivity index (χ2v) is 1.52. The zero-order valence-corrected chi connectivity index (χ0v) is 5.51. The van der Waals surface area contributed by atoms with Crippen LogP contribution < -0.4 is 5.43 Å². The number of carbonyl (C=O) groups excluding carboxylic acids is 1. The molecule has 0 saturated heterocycles.